The maximum Gasteiger partial charge on any atom is 2.00 e. The molecule has 0 unspecified atom stereocenters. The predicted octanol–water partition coefficient (Wildman–Crippen LogP) is 3.93. The van der Waals surface area contributed by atoms with Crippen molar-refractivity contribution in [3.05, 3.63) is 12.8 Å². The molecule has 2 aliphatic rings. The van der Waals surface area contributed by atoms with Crippen molar-refractivity contribution in [3.8, 4) is 0 Å². The third-order valence-electron chi connectivity index (χ3n) is 2.63. The molecule has 1 heteroatoms. The maximum atomic E-state index is 2.39. The second-order valence-corrected chi connectivity index (χ2v) is 3.85. The molecule has 2 aliphatic carbocycles. The van der Waals surface area contributed by atoms with Crippen LogP contribution in [0.5, 0.6) is 0 Å². The molecular weight excluding hydrogens is 168 g/mol. The second kappa shape index (κ2) is 10.8. The minimum atomic E-state index is 0. The summed E-state index contributed by atoms with van der Waals surface area (Å²) in [4.78, 5) is 0. The van der Waals surface area contributed by atoms with Gasteiger partial charge in [-0.3, -0.25) is 0 Å². The van der Waals surface area contributed by atoms with Gasteiger partial charge in [0.1, 0.15) is 0 Å². The monoisotopic (exact) mass is 190 g/mol. The summed E-state index contributed by atoms with van der Waals surface area (Å²) in [6.45, 7) is 0. The van der Waals surface area contributed by atoms with Gasteiger partial charge in [-0.1, -0.05) is 38.5 Å². The molecule has 0 heterocycles. The molecule has 0 atom stereocenters. The molecule has 0 aromatic rings. The van der Waals surface area contributed by atoms with E-state index in [1.807, 2.05) is 0 Å². The van der Waals surface area contributed by atoms with E-state index in [0.29, 0.717) is 0 Å². The molecule has 0 aliphatic heterocycles. The van der Waals surface area contributed by atoms with E-state index in [4.69, 9.17) is 0 Å². The van der Waals surface area contributed by atoms with Gasteiger partial charge in [-0.15, -0.1) is 0 Å². The number of rotatable bonds is 0. The Balaban J connectivity index is 0.000000206. The summed E-state index contributed by atoms with van der Waals surface area (Å²) in [6, 6.07) is 0. The van der Waals surface area contributed by atoms with E-state index in [1.54, 1.807) is 0 Å². The fourth-order valence-corrected chi connectivity index (χ4v) is 1.80. The Labute approximate surface area is 100 Å². The van der Waals surface area contributed by atoms with E-state index in [2.05, 4.69) is 12.8 Å². The summed E-state index contributed by atoms with van der Waals surface area (Å²) < 4.78 is 0. The fraction of sp³-hybridized carbons (Fsp3) is 0.833. The van der Waals surface area contributed by atoms with Crippen molar-refractivity contribution < 1.29 is 0 Å². The van der Waals surface area contributed by atoms with Crippen molar-refractivity contribution in [1.29, 1.82) is 0 Å². The zero-order chi connectivity index (χ0) is 8.49. The van der Waals surface area contributed by atoms with E-state index in [-0.39, 0.29) is 23.1 Å². The van der Waals surface area contributed by atoms with Gasteiger partial charge in [-0.05, 0) is 0 Å². The topological polar surface area (TPSA) is 0 Å². The van der Waals surface area contributed by atoms with Gasteiger partial charge in [0.15, 0.2) is 0 Å². The average molecular weight is 191 g/mol. The molecule has 0 radical (unpaired) electrons. The van der Waals surface area contributed by atoms with Crippen LogP contribution in [-0.2, 0) is 0 Å². The first-order valence-electron chi connectivity index (χ1n) is 5.63. The molecule has 13 heavy (non-hydrogen) atoms. The van der Waals surface area contributed by atoms with Crippen LogP contribution in [0.15, 0.2) is 0 Å². The standard InChI is InChI=1S/2C6H11.Mg/c2*1-2-4-6-5-3-1;/h2*1H,2-6H2;/q2*-1;+2. The van der Waals surface area contributed by atoms with Crippen LogP contribution >= 0.6 is 0 Å². The smallest absolute Gasteiger partial charge is 0.328 e. The van der Waals surface area contributed by atoms with Crippen LogP contribution in [-0.4, -0.2) is 23.1 Å². The molecule has 0 N–H and O–H groups in total. The molecule has 0 amide bonds. The molecular formula is C12H22Mg. The van der Waals surface area contributed by atoms with Crippen LogP contribution in [0.2, 0.25) is 0 Å². The van der Waals surface area contributed by atoms with Gasteiger partial charge in [-0.25, -0.2) is 0 Å². The molecule has 72 valence electrons. The molecule has 2 rings (SSSR count). The Bertz CT molecular complexity index is 48.1. The van der Waals surface area contributed by atoms with Crippen LogP contribution in [0.1, 0.15) is 64.2 Å². The second-order valence-electron chi connectivity index (χ2n) is 3.85. The van der Waals surface area contributed by atoms with E-state index in [1.165, 1.54) is 64.2 Å². The molecule has 0 spiro atoms. The zero-order valence-electron chi connectivity index (χ0n) is 8.93. The van der Waals surface area contributed by atoms with Crippen LogP contribution < -0.4 is 0 Å². The summed E-state index contributed by atoms with van der Waals surface area (Å²) in [7, 11) is 0. The first-order chi connectivity index (χ1) is 6.00. The Morgan fingerprint density at radius 1 is 0.462 bits per heavy atom. The molecule has 0 aromatic heterocycles. The van der Waals surface area contributed by atoms with Crippen LogP contribution in [0.25, 0.3) is 0 Å². The Hall–Kier alpha value is 0.766. The van der Waals surface area contributed by atoms with Crippen molar-refractivity contribution in [3.63, 3.8) is 0 Å². The van der Waals surface area contributed by atoms with E-state index in [9.17, 15) is 0 Å². The van der Waals surface area contributed by atoms with Gasteiger partial charge in [0.2, 0.25) is 0 Å². The largest absolute Gasteiger partial charge is 2.00 e. The number of hydrogen-bond acceptors (Lipinski definition) is 0. The minimum absolute atomic E-state index is 0. The SMILES string of the molecule is [CH-]1CCCCC1.[CH-]1CCCCC1.[Mg+2]. The molecule has 2 fully saturated rings. The van der Waals surface area contributed by atoms with Crippen molar-refractivity contribution in [2.75, 3.05) is 0 Å². The summed E-state index contributed by atoms with van der Waals surface area (Å²) in [5, 5.41) is 0. The minimum Gasteiger partial charge on any atom is -0.328 e. The van der Waals surface area contributed by atoms with Gasteiger partial charge >= 0.3 is 23.1 Å². The summed E-state index contributed by atoms with van der Waals surface area (Å²) in [5.74, 6) is 0. The fourth-order valence-electron chi connectivity index (χ4n) is 1.80. The quantitative estimate of drug-likeness (QED) is 0.401. The molecule has 2 saturated carbocycles. The van der Waals surface area contributed by atoms with Gasteiger partial charge in [-0.2, -0.15) is 25.7 Å². The predicted molar refractivity (Wildman–Crippen MR) is 60.5 cm³/mol. The first kappa shape index (κ1) is 13.8. The van der Waals surface area contributed by atoms with Crippen LogP contribution in [0, 0.1) is 12.8 Å². The van der Waals surface area contributed by atoms with Gasteiger partial charge in [0.25, 0.3) is 0 Å². The van der Waals surface area contributed by atoms with Crippen molar-refractivity contribution in [1.82, 2.24) is 0 Å². The van der Waals surface area contributed by atoms with Crippen molar-refractivity contribution >= 4 is 23.1 Å². The van der Waals surface area contributed by atoms with Gasteiger partial charge in [0, 0.05) is 0 Å². The zero-order valence-corrected chi connectivity index (χ0v) is 10.3. The summed E-state index contributed by atoms with van der Waals surface area (Å²) in [6.07, 6.45) is 19.0. The Kier molecular flexibility index (Phi) is 11.5. The van der Waals surface area contributed by atoms with Gasteiger partial charge < -0.3 is 12.8 Å². The Morgan fingerprint density at radius 3 is 0.846 bits per heavy atom. The Morgan fingerprint density at radius 2 is 0.769 bits per heavy atom. The average Bonchev–Trinajstić information content (AvgIpc) is 2.24. The summed E-state index contributed by atoms with van der Waals surface area (Å²) >= 11 is 0. The van der Waals surface area contributed by atoms with Crippen molar-refractivity contribution in [2.24, 2.45) is 0 Å². The molecule has 0 nitrogen and oxygen atoms in total. The van der Waals surface area contributed by atoms with E-state index < -0.39 is 0 Å². The maximum absolute atomic E-state index is 2.39. The third-order valence-corrected chi connectivity index (χ3v) is 2.63. The molecule has 0 bridgehead atoms. The van der Waals surface area contributed by atoms with E-state index in [0.717, 1.165) is 0 Å². The number of hydrogen-bond donors (Lipinski definition) is 0. The first-order valence-corrected chi connectivity index (χ1v) is 5.63. The van der Waals surface area contributed by atoms with Crippen molar-refractivity contribution in [2.45, 2.75) is 64.2 Å². The third kappa shape index (κ3) is 9.08. The van der Waals surface area contributed by atoms with Gasteiger partial charge in [0.05, 0.1) is 0 Å². The normalized spacial score (nSPS) is 22.2. The van der Waals surface area contributed by atoms with Crippen LogP contribution in [0.3, 0.4) is 0 Å². The molecule has 0 saturated heterocycles. The van der Waals surface area contributed by atoms with Crippen LogP contribution in [0.4, 0.5) is 0 Å². The molecule has 0 aromatic carbocycles. The van der Waals surface area contributed by atoms with E-state index >= 15 is 0 Å². The summed E-state index contributed by atoms with van der Waals surface area (Å²) in [5.41, 5.74) is 0.